The Morgan fingerprint density at radius 1 is 1.29 bits per heavy atom. The Morgan fingerprint density at radius 3 is 2.76 bits per heavy atom. The predicted molar refractivity (Wildman–Crippen MR) is 79.0 cm³/mol. The summed E-state index contributed by atoms with van der Waals surface area (Å²) in [5, 5.41) is 4.34. The van der Waals surface area contributed by atoms with Crippen molar-refractivity contribution in [3.8, 4) is 0 Å². The maximum absolute atomic E-state index is 13.4. The third kappa shape index (κ3) is 3.88. The van der Waals surface area contributed by atoms with E-state index in [2.05, 4.69) is 10.1 Å². The molecule has 1 N–H and O–H groups in total. The summed E-state index contributed by atoms with van der Waals surface area (Å²) < 4.78 is 18.1. The Hall–Kier alpha value is -2.21. The van der Waals surface area contributed by atoms with Crippen molar-refractivity contribution in [1.82, 2.24) is 0 Å². The van der Waals surface area contributed by atoms with Crippen LogP contribution in [0, 0.1) is 5.82 Å². The topological polar surface area (TPSA) is 55.4 Å². The normalized spacial score (nSPS) is 10.2. The largest absolute Gasteiger partial charge is 0.465 e. The summed E-state index contributed by atoms with van der Waals surface area (Å²) in [6.45, 7) is 0. The Kier molecular flexibility index (Phi) is 5.05. The highest BCUT2D eigenvalue weighted by Gasteiger charge is 2.15. The molecule has 0 aliphatic rings. The number of hydrogen-bond donors (Lipinski definition) is 1. The minimum atomic E-state index is -0.491. The monoisotopic (exact) mass is 307 g/mol. The molecule has 0 saturated carbocycles. The summed E-state index contributed by atoms with van der Waals surface area (Å²) in [5.41, 5.74) is 0.913. The van der Waals surface area contributed by atoms with Gasteiger partial charge >= 0.3 is 5.97 Å². The maximum atomic E-state index is 13.4. The smallest absolute Gasteiger partial charge is 0.350 e. The first-order chi connectivity index (χ1) is 10.1. The second-order valence-corrected chi connectivity index (χ2v) is 5.21. The van der Waals surface area contributed by atoms with Crippen LogP contribution in [-0.4, -0.2) is 19.0 Å². The summed E-state index contributed by atoms with van der Waals surface area (Å²) in [6, 6.07) is 7.98. The van der Waals surface area contributed by atoms with Gasteiger partial charge in [0, 0.05) is 6.42 Å². The van der Waals surface area contributed by atoms with Crippen LogP contribution in [-0.2, 0) is 16.0 Å². The number of halogens is 1. The molecule has 0 fully saturated rings. The zero-order valence-corrected chi connectivity index (χ0v) is 12.2. The number of rotatable bonds is 5. The molecule has 0 aliphatic carbocycles. The molecule has 0 atom stereocenters. The standard InChI is InChI=1S/C15H14FNO3S/c1-20-15(19)14-12(8-9-21-14)17-13(18)7-6-10-4-2-3-5-11(10)16/h2-5,8-9H,6-7H2,1H3,(H,17,18). The lowest BCUT2D eigenvalue weighted by Gasteiger charge is -2.06. The van der Waals surface area contributed by atoms with Crippen molar-refractivity contribution in [2.45, 2.75) is 12.8 Å². The number of carbonyl (C=O) groups excluding carboxylic acids is 2. The number of aryl methyl sites for hydroxylation is 1. The predicted octanol–water partition coefficient (Wildman–Crippen LogP) is 3.25. The first kappa shape index (κ1) is 15.2. The summed E-state index contributed by atoms with van der Waals surface area (Å²) in [4.78, 5) is 23.7. The van der Waals surface area contributed by atoms with Gasteiger partial charge in [-0.05, 0) is 29.5 Å². The molecule has 21 heavy (non-hydrogen) atoms. The molecule has 2 aromatic rings. The third-order valence-electron chi connectivity index (χ3n) is 2.89. The van der Waals surface area contributed by atoms with Crippen LogP contribution < -0.4 is 5.32 Å². The first-order valence-corrected chi connectivity index (χ1v) is 7.19. The van der Waals surface area contributed by atoms with Crippen molar-refractivity contribution in [3.63, 3.8) is 0 Å². The second-order valence-electron chi connectivity index (χ2n) is 4.29. The summed E-state index contributed by atoms with van der Waals surface area (Å²) in [5.74, 6) is -1.09. The van der Waals surface area contributed by atoms with Crippen LogP contribution in [0.25, 0.3) is 0 Å². The van der Waals surface area contributed by atoms with Crippen LogP contribution in [0.4, 0.5) is 10.1 Å². The zero-order valence-electron chi connectivity index (χ0n) is 11.4. The van der Waals surface area contributed by atoms with E-state index in [9.17, 15) is 14.0 Å². The highest BCUT2D eigenvalue weighted by Crippen LogP contribution is 2.23. The molecule has 1 heterocycles. The van der Waals surface area contributed by atoms with E-state index in [0.29, 0.717) is 22.5 Å². The lowest BCUT2D eigenvalue weighted by atomic mass is 10.1. The Balaban J connectivity index is 1.95. The summed E-state index contributed by atoms with van der Waals surface area (Å²) >= 11 is 1.19. The molecular formula is C15H14FNO3S. The van der Waals surface area contributed by atoms with Gasteiger partial charge in [-0.15, -0.1) is 11.3 Å². The molecule has 0 aliphatic heterocycles. The average Bonchev–Trinajstić information content (AvgIpc) is 2.93. The van der Waals surface area contributed by atoms with Crippen molar-refractivity contribution >= 4 is 28.9 Å². The molecule has 2 rings (SSSR count). The van der Waals surface area contributed by atoms with Gasteiger partial charge in [-0.2, -0.15) is 0 Å². The molecule has 0 spiro atoms. The number of amides is 1. The SMILES string of the molecule is COC(=O)c1sccc1NC(=O)CCc1ccccc1F. The van der Waals surface area contributed by atoms with Crippen LogP contribution in [0.3, 0.4) is 0 Å². The van der Waals surface area contributed by atoms with Crippen molar-refractivity contribution in [1.29, 1.82) is 0 Å². The van der Waals surface area contributed by atoms with Gasteiger partial charge in [0.05, 0.1) is 12.8 Å². The van der Waals surface area contributed by atoms with Crippen LogP contribution in [0.1, 0.15) is 21.7 Å². The Bertz CT molecular complexity index is 654. The van der Waals surface area contributed by atoms with Crippen molar-refractivity contribution < 1.29 is 18.7 Å². The number of nitrogens with one attached hydrogen (secondary N) is 1. The second kappa shape index (κ2) is 6.99. The van der Waals surface area contributed by atoms with E-state index in [1.165, 1.54) is 24.5 Å². The molecule has 1 aromatic carbocycles. The van der Waals surface area contributed by atoms with E-state index in [-0.39, 0.29) is 18.1 Å². The van der Waals surface area contributed by atoms with Gasteiger partial charge in [0.2, 0.25) is 5.91 Å². The van der Waals surface area contributed by atoms with Gasteiger partial charge in [0.15, 0.2) is 0 Å². The van der Waals surface area contributed by atoms with E-state index in [0.717, 1.165) is 0 Å². The number of thiophene rings is 1. The number of hydrogen-bond acceptors (Lipinski definition) is 4. The molecule has 110 valence electrons. The number of carbonyl (C=O) groups is 2. The maximum Gasteiger partial charge on any atom is 0.350 e. The van der Waals surface area contributed by atoms with Crippen LogP contribution >= 0.6 is 11.3 Å². The van der Waals surface area contributed by atoms with Crippen molar-refractivity contribution in [2.75, 3.05) is 12.4 Å². The number of methoxy groups -OCH3 is 1. The van der Waals surface area contributed by atoms with E-state index < -0.39 is 5.97 Å². The fourth-order valence-electron chi connectivity index (χ4n) is 1.82. The lowest BCUT2D eigenvalue weighted by Crippen LogP contribution is -2.14. The molecule has 0 saturated heterocycles. The van der Waals surface area contributed by atoms with E-state index in [1.54, 1.807) is 29.6 Å². The van der Waals surface area contributed by atoms with Crippen LogP contribution in [0.5, 0.6) is 0 Å². The first-order valence-electron chi connectivity index (χ1n) is 6.31. The van der Waals surface area contributed by atoms with E-state index in [1.807, 2.05) is 0 Å². The quantitative estimate of drug-likeness (QED) is 0.863. The van der Waals surface area contributed by atoms with Crippen LogP contribution in [0.15, 0.2) is 35.7 Å². The van der Waals surface area contributed by atoms with Gasteiger partial charge in [-0.25, -0.2) is 9.18 Å². The van der Waals surface area contributed by atoms with Crippen LogP contribution in [0.2, 0.25) is 0 Å². The molecular weight excluding hydrogens is 293 g/mol. The molecule has 0 unspecified atom stereocenters. The van der Waals surface area contributed by atoms with Crippen molar-refractivity contribution in [2.24, 2.45) is 0 Å². The lowest BCUT2D eigenvalue weighted by molar-refractivity contribution is -0.116. The fourth-order valence-corrected chi connectivity index (χ4v) is 2.59. The van der Waals surface area contributed by atoms with Gasteiger partial charge in [-0.1, -0.05) is 18.2 Å². The summed E-state index contributed by atoms with van der Waals surface area (Å²) in [6.07, 6.45) is 0.438. The molecule has 0 radical (unpaired) electrons. The Morgan fingerprint density at radius 2 is 2.05 bits per heavy atom. The van der Waals surface area contributed by atoms with Gasteiger partial charge < -0.3 is 10.1 Å². The number of ether oxygens (including phenoxy) is 1. The van der Waals surface area contributed by atoms with E-state index in [4.69, 9.17) is 0 Å². The molecule has 4 nitrogen and oxygen atoms in total. The molecule has 0 bridgehead atoms. The summed E-state index contributed by atoms with van der Waals surface area (Å²) in [7, 11) is 1.28. The number of esters is 1. The molecule has 1 aromatic heterocycles. The number of benzene rings is 1. The minimum Gasteiger partial charge on any atom is -0.465 e. The van der Waals surface area contributed by atoms with Crippen molar-refractivity contribution in [3.05, 3.63) is 52.0 Å². The fraction of sp³-hybridized carbons (Fsp3) is 0.200. The third-order valence-corrected chi connectivity index (χ3v) is 3.78. The highest BCUT2D eigenvalue weighted by atomic mass is 32.1. The molecule has 6 heteroatoms. The van der Waals surface area contributed by atoms with E-state index >= 15 is 0 Å². The highest BCUT2D eigenvalue weighted by molar-refractivity contribution is 7.12. The van der Waals surface area contributed by atoms with Gasteiger partial charge in [0.25, 0.3) is 0 Å². The minimum absolute atomic E-state index is 0.136. The average molecular weight is 307 g/mol. The zero-order chi connectivity index (χ0) is 15.2. The number of anilines is 1. The van der Waals surface area contributed by atoms with Gasteiger partial charge in [-0.3, -0.25) is 4.79 Å². The molecule has 1 amide bonds. The van der Waals surface area contributed by atoms with Gasteiger partial charge in [0.1, 0.15) is 10.7 Å². The Labute approximate surface area is 125 Å².